The van der Waals surface area contributed by atoms with Crippen LogP contribution in [0.15, 0.2) is 248 Å². The van der Waals surface area contributed by atoms with E-state index in [1.807, 2.05) is 146 Å². The van der Waals surface area contributed by atoms with Crippen molar-refractivity contribution in [1.29, 1.82) is 0 Å². The molecule has 10 aromatic carbocycles. The summed E-state index contributed by atoms with van der Waals surface area (Å²) < 4.78 is 7.64. The number of oxime groups is 1. The highest BCUT2D eigenvalue weighted by molar-refractivity contribution is 14.1. The number of carbonyl (C=O) groups excluding carboxylic acids is 7. The number of ether oxygens (including phenoxy) is 1. The molecule has 11 aromatic rings. The predicted molar refractivity (Wildman–Crippen MR) is 422 cm³/mol. The number of carboxylic acids is 1. The Bertz CT molecular complexity index is 4810. The van der Waals surface area contributed by atoms with Crippen LogP contribution in [-0.4, -0.2) is 97.3 Å². The van der Waals surface area contributed by atoms with Gasteiger partial charge in [0.1, 0.15) is 18.4 Å². The van der Waals surface area contributed by atoms with Crippen LogP contribution >= 0.6 is 91.0 Å². The minimum Gasteiger partial charge on any atom is -0.505 e. The molecule has 0 saturated heterocycles. The van der Waals surface area contributed by atoms with Crippen molar-refractivity contribution in [2.75, 3.05) is 23.0 Å². The number of aromatic hydroxyl groups is 1. The van der Waals surface area contributed by atoms with Gasteiger partial charge in [-0.3, -0.25) is 33.6 Å². The van der Waals surface area contributed by atoms with E-state index in [-0.39, 0.29) is 42.3 Å². The van der Waals surface area contributed by atoms with Crippen LogP contribution in [0.2, 0.25) is 10.0 Å². The number of para-hydroxylation sites is 4. The lowest BCUT2D eigenvalue weighted by Crippen LogP contribution is -2.29. The highest BCUT2D eigenvalue weighted by atomic mass is 127. The molecule has 25 heteroatoms. The number of aromatic carboxylic acids is 1. The lowest BCUT2D eigenvalue weighted by atomic mass is 9.81. The monoisotopic (exact) mass is 1740 g/mol. The van der Waals surface area contributed by atoms with Crippen LogP contribution in [0.1, 0.15) is 60.4 Å². The molecule has 1 aromatic heterocycles. The number of carboxylic acid groups (broad SMARTS) is 1. The molecule has 516 valence electrons. The summed E-state index contributed by atoms with van der Waals surface area (Å²) in [7, 11) is -1.34. The lowest BCUT2D eigenvalue weighted by molar-refractivity contribution is -0.145. The van der Waals surface area contributed by atoms with E-state index < -0.39 is 42.4 Å². The van der Waals surface area contributed by atoms with E-state index in [1.165, 1.54) is 6.92 Å². The lowest BCUT2D eigenvalue weighted by Gasteiger charge is -2.13. The van der Waals surface area contributed by atoms with Crippen LogP contribution in [0.3, 0.4) is 0 Å². The molecule has 0 atom stereocenters. The fourth-order valence-electron chi connectivity index (χ4n) is 9.57. The van der Waals surface area contributed by atoms with E-state index in [9.17, 15) is 48.6 Å². The first-order valence-electron chi connectivity index (χ1n) is 30.5. The second kappa shape index (κ2) is 39.8. The molecule has 102 heavy (non-hydrogen) atoms. The maximum Gasteiger partial charge on any atom is 0.488 e. The Morgan fingerprint density at radius 3 is 1.54 bits per heavy atom. The van der Waals surface area contributed by atoms with E-state index in [0.717, 1.165) is 61.6 Å². The number of pyridine rings is 1. The first-order valence-corrected chi connectivity index (χ1v) is 34.5. The average Bonchev–Trinajstić information content (AvgIpc) is 0.942. The van der Waals surface area contributed by atoms with E-state index in [1.54, 1.807) is 97.1 Å². The summed E-state index contributed by atoms with van der Waals surface area (Å²) in [5.41, 5.74) is 16.1. The standard InChI is InChI=1S/C23H16ClNO3.C14H9NO2.C11H11ClO3.C9H8INO2.C8H4INO2.C6H7BO2.C6H6IN/c24-16-11-9-14(10-12-16)13-19-22(26)20(23(27)28)18-8-4-7-17(21(18)25-19)15-5-2-1-3-6-15;16-13-11-8-4-7-10(12(11)15-14(13)17)9-5-2-1-3-6-9;1-8(13)15-7-11(14)6-9-2-4-10(12)5-3-9;10-9-4-2-1-3-7(9)5-8(12)6-11-13;9-5-3-1-2-4-6(5)10-8(12)7(4)11;8-7(9)6-4-2-1-3-5-6;7-5-3-1-2-4-6(5)8/h1-12,26H,13H2,(H,27,28);1-8H,(H,15,16,17);2-5H,6-7H2,1H3;1-4,6,13H,5H2;1-3H,(H,10,11,12);1-5,8-9H;1-4H,8H2/b;;;11-6+;;;. The Morgan fingerprint density at radius 1 is 0.559 bits per heavy atom. The molecule has 0 aliphatic carbocycles. The molecule has 0 saturated carbocycles. The Kier molecular flexibility index (Phi) is 31.0. The molecule has 0 bridgehead atoms. The molecule has 0 radical (unpaired) electrons. The number of nitrogens with two attached hydrogens (primary N) is 1. The molecule has 2 aliphatic heterocycles. The molecule has 0 unspecified atom stereocenters. The number of hydrogen-bond acceptors (Lipinski definition) is 16. The number of nitrogen functional groups attached to an aromatic ring is 1. The van der Waals surface area contributed by atoms with Gasteiger partial charge in [-0.15, -0.1) is 0 Å². The predicted octanol–water partition coefficient (Wildman–Crippen LogP) is 14.6. The van der Waals surface area contributed by atoms with Crippen LogP contribution in [0.4, 0.5) is 17.1 Å². The number of amides is 2. The number of hydrogen-bond donors (Lipinski definition) is 8. The van der Waals surface area contributed by atoms with Gasteiger partial charge in [0.25, 0.3) is 23.4 Å². The van der Waals surface area contributed by atoms with Crippen molar-refractivity contribution in [3.05, 3.63) is 302 Å². The number of halogens is 5. The number of ketones is 4. The van der Waals surface area contributed by atoms with Gasteiger partial charge in [-0.2, -0.15) is 0 Å². The summed E-state index contributed by atoms with van der Waals surface area (Å²) in [6.45, 7) is 1.10. The van der Waals surface area contributed by atoms with E-state index in [4.69, 9.17) is 44.2 Å². The number of fused-ring (bicyclic) bond motifs is 3. The van der Waals surface area contributed by atoms with Crippen molar-refractivity contribution < 1.29 is 68.6 Å². The maximum atomic E-state index is 11.9. The second-order valence-corrected chi connectivity index (χ2v) is 26.0. The van der Waals surface area contributed by atoms with Crippen molar-refractivity contribution in [3.8, 4) is 28.0 Å². The zero-order valence-corrected chi connectivity index (χ0v) is 61.8. The van der Waals surface area contributed by atoms with E-state index >= 15 is 0 Å². The van der Waals surface area contributed by atoms with Crippen molar-refractivity contribution in [1.82, 2.24) is 4.98 Å². The molecular weight excluding hydrogens is 1680 g/mol. The number of benzene rings is 10. The summed E-state index contributed by atoms with van der Waals surface area (Å²) >= 11 is 18.1. The molecule has 9 N–H and O–H groups in total. The first-order chi connectivity index (χ1) is 48.9. The SMILES string of the molecule is CC(=O)OCC(=O)Cc1ccc(Cl)cc1.Nc1ccccc1I.O=C(/C=N/O)Cc1ccccc1I.O=C(O)c1c(O)c(Cc2ccc(Cl)cc2)nc2c(-c3ccccc3)cccc12.O=C1Nc2c(I)cccc2C1=O.O=C1Nc2c(cccc2-c2ccccc2)C1=O.OB(O)c1ccccc1. The third kappa shape index (κ3) is 23.5. The van der Waals surface area contributed by atoms with E-state index in [0.29, 0.717) is 61.0 Å². The number of esters is 1. The molecule has 0 fully saturated rings. The summed E-state index contributed by atoms with van der Waals surface area (Å²) in [6, 6.07) is 73.5. The number of nitrogens with one attached hydrogen (secondary N) is 2. The van der Waals surface area contributed by atoms with Gasteiger partial charge in [0, 0.05) is 69.1 Å². The minimum atomic E-state index is -1.34. The van der Waals surface area contributed by atoms with Crippen LogP contribution < -0.4 is 21.8 Å². The van der Waals surface area contributed by atoms with Gasteiger partial charge in [-0.25, -0.2) is 9.78 Å². The Hall–Kier alpha value is -10.0. The first kappa shape index (κ1) is 79.3. The van der Waals surface area contributed by atoms with Gasteiger partial charge in [-0.1, -0.05) is 210 Å². The van der Waals surface area contributed by atoms with Crippen LogP contribution in [0.5, 0.6) is 5.75 Å². The Morgan fingerprint density at radius 2 is 1.03 bits per heavy atom. The molecule has 13 rings (SSSR count). The number of anilines is 3. The van der Waals surface area contributed by atoms with Crippen LogP contribution in [0.25, 0.3) is 33.2 Å². The minimum absolute atomic E-state index is 0.132. The molecule has 19 nitrogen and oxygen atoms in total. The van der Waals surface area contributed by atoms with Gasteiger partial charge in [-0.05, 0) is 162 Å². The number of carbonyl (C=O) groups is 8. The largest absolute Gasteiger partial charge is 0.505 e. The topological polar surface area (TPSA) is 322 Å². The maximum absolute atomic E-state index is 11.9. The van der Waals surface area contributed by atoms with Gasteiger partial charge >= 0.3 is 19.1 Å². The van der Waals surface area contributed by atoms with E-state index in [2.05, 4.69) is 93.3 Å². The van der Waals surface area contributed by atoms with Crippen molar-refractivity contribution in [2.24, 2.45) is 5.16 Å². The summed E-state index contributed by atoms with van der Waals surface area (Å²) in [5.74, 6) is -4.26. The summed E-state index contributed by atoms with van der Waals surface area (Å²) in [5, 5.41) is 55.2. The quantitative estimate of drug-likeness (QED) is 0.00777. The smallest absolute Gasteiger partial charge is 0.488 e. The average molecular weight is 1740 g/mol. The summed E-state index contributed by atoms with van der Waals surface area (Å²) in [6.07, 6.45) is 1.75. The van der Waals surface area contributed by atoms with Gasteiger partial charge in [0.2, 0.25) is 0 Å². The van der Waals surface area contributed by atoms with Gasteiger partial charge in [0.05, 0.1) is 33.7 Å². The molecule has 3 heterocycles. The highest BCUT2D eigenvalue weighted by Crippen LogP contribution is 2.37. The fraction of sp³-hybridized carbons (Fsp3) is 0.0649. The summed E-state index contributed by atoms with van der Waals surface area (Å²) in [4.78, 5) is 94.4. The van der Waals surface area contributed by atoms with Gasteiger partial charge in [0.15, 0.2) is 17.3 Å². The second-order valence-electron chi connectivity index (χ2n) is 21.7. The number of nitrogens with zero attached hydrogens (tertiary/aromatic N) is 2. The van der Waals surface area contributed by atoms with Crippen LogP contribution in [0, 0.1) is 10.7 Å². The molecule has 2 amide bonds. The number of rotatable bonds is 13. The Balaban J connectivity index is 0.000000174. The van der Waals surface area contributed by atoms with Crippen molar-refractivity contribution in [3.63, 3.8) is 0 Å². The normalized spacial score (nSPS) is 11.2. The van der Waals surface area contributed by atoms with Gasteiger partial charge < -0.3 is 46.6 Å². The highest BCUT2D eigenvalue weighted by Gasteiger charge is 2.31. The zero-order valence-electron chi connectivity index (χ0n) is 53.8. The Labute approximate surface area is 637 Å². The third-order valence-corrected chi connectivity index (χ3v) is 17.9. The number of aromatic nitrogens is 1. The van der Waals surface area contributed by atoms with Crippen molar-refractivity contribution in [2.45, 2.75) is 26.2 Å². The third-order valence-electron chi connectivity index (χ3n) is 14.5. The van der Waals surface area contributed by atoms with Crippen LogP contribution in [-0.2, 0) is 48.0 Å². The molecule has 2 aliphatic rings. The number of Topliss-reactive ketones (excluding diaryl/α,β-unsaturated/α-hetero) is 4. The fourth-order valence-corrected chi connectivity index (χ4v) is 11.4. The zero-order chi connectivity index (χ0) is 73.8. The molecule has 0 spiro atoms. The molecular formula is C77H61BCl2I3N5O14. The van der Waals surface area contributed by atoms with Crippen molar-refractivity contribution >= 4 is 185 Å².